The molecule has 0 bridgehead atoms. The fraction of sp³-hybridized carbons (Fsp3) is 0.483. The number of halogens is 1. The van der Waals surface area contributed by atoms with E-state index in [9.17, 15) is 0 Å². The van der Waals surface area contributed by atoms with Gasteiger partial charge in [-0.05, 0) is 70.8 Å². The van der Waals surface area contributed by atoms with Crippen molar-refractivity contribution in [1.29, 1.82) is 0 Å². The van der Waals surface area contributed by atoms with Gasteiger partial charge in [-0.3, -0.25) is 5.10 Å². The Hall–Kier alpha value is -3.10. The van der Waals surface area contributed by atoms with Crippen molar-refractivity contribution in [3.05, 3.63) is 35.0 Å². The lowest BCUT2D eigenvalue weighted by molar-refractivity contribution is 0.245. The Bertz CT molecular complexity index is 1520. The lowest BCUT2D eigenvalue weighted by Crippen LogP contribution is -2.58. The third-order valence-electron chi connectivity index (χ3n) is 8.29. The summed E-state index contributed by atoms with van der Waals surface area (Å²) in [6, 6.07) is 6.76. The molecule has 2 aliphatic heterocycles. The zero-order valence-electron chi connectivity index (χ0n) is 22.3. The number of hydrogen-bond acceptors (Lipinski definition) is 7. The van der Waals surface area contributed by atoms with Crippen LogP contribution in [0, 0.1) is 6.92 Å². The Labute approximate surface area is 227 Å². The maximum atomic E-state index is 7.19. The highest BCUT2D eigenvalue weighted by molar-refractivity contribution is 6.35. The van der Waals surface area contributed by atoms with E-state index in [4.69, 9.17) is 26.3 Å². The van der Waals surface area contributed by atoms with Gasteiger partial charge in [-0.15, -0.1) is 0 Å². The Morgan fingerprint density at radius 1 is 1.00 bits per heavy atom. The van der Waals surface area contributed by atoms with Gasteiger partial charge in [-0.2, -0.15) is 10.1 Å². The standard InChI is InChI=1S/C29H34ClN7O/c1-17-7-10-23-21(14-31-34-23)24(17)25-22(30)13-20-26(27(25)38-19-8-9-19)32-29(37-15-18(16-37)35(2)3)33-28(20)36-11-5-4-6-12-36/h7,10,13-14,18-19H,4-6,8-9,11-12,15-16H2,1-3H3,(H,31,34). The molecular weight excluding hydrogens is 498 g/mol. The van der Waals surface area contributed by atoms with Crippen molar-refractivity contribution in [3.8, 4) is 16.9 Å². The average molecular weight is 532 g/mol. The maximum absolute atomic E-state index is 7.19. The number of anilines is 2. The molecule has 38 heavy (non-hydrogen) atoms. The van der Waals surface area contributed by atoms with E-state index < -0.39 is 0 Å². The van der Waals surface area contributed by atoms with Crippen molar-refractivity contribution in [1.82, 2.24) is 25.1 Å². The zero-order valence-corrected chi connectivity index (χ0v) is 23.1. The van der Waals surface area contributed by atoms with Crippen molar-refractivity contribution in [2.45, 2.75) is 51.2 Å². The molecule has 8 nitrogen and oxygen atoms in total. The van der Waals surface area contributed by atoms with Crippen LogP contribution in [-0.2, 0) is 0 Å². The number of nitrogens with one attached hydrogen (secondary N) is 1. The second-order valence-corrected chi connectivity index (χ2v) is 11.7. The van der Waals surface area contributed by atoms with E-state index in [0.29, 0.717) is 11.1 Å². The van der Waals surface area contributed by atoms with Crippen LogP contribution in [0.5, 0.6) is 5.75 Å². The van der Waals surface area contributed by atoms with E-state index in [0.717, 1.165) is 95.0 Å². The van der Waals surface area contributed by atoms with Crippen molar-refractivity contribution in [2.75, 3.05) is 50.1 Å². The Morgan fingerprint density at radius 3 is 2.53 bits per heavy atom. The number of aromatic nitrogens is 4. The number of H-pyrrole nitrogens is 1. The largest absolute Gasteiger partial charge is 0.487 e. The number of aryl methyl sites for hydroxylation is 1. The zero-order chi connectivity index (χ0) is 26.0. The molecule has 198 valence electrons. The number of benzene rings is 2. The van der Waals surface area contributed by atoms with Gasteiger partial charge < -0.3 is 19.4 Å². The summed E-state index contributed by atoms with van der Waals surface area (Å²) in [4.78, 5) is 17.4. The van der Waals surface area contributed by atoms with E-state index in [1.165, 1.54) is 19.3 Å². The molecule has 1 aliphatic carbocycles. The van der Waals surface area contributed by atoms with Crippen LogP contribution in [0.25, 0.3) is 32.9 Å². The molecule has 0 spiro atoms. The van der Waals surface area contributed by atoms with Crippen LogP contribution < -0.4 is 14.5 Å². The van der Waals surface area contributed by atoms with Crippen LogP contribution in [0.15, 0.2) is 24.4 Å². The number of aromatic amines is 1. The maximum Gasteiger partial charge on any atom is 0.228 e. The van der Waals surface area contributed by atoms with Crippen molar-refractivity contribution < 1.29 is 4.74 Å². The molecule has 0 radical (unpaired) electrons. The number of rotatable bonds is 6. The SMILES string of the molecule is Cc1ccc2[nH]ncc2c1-c1c(Cl)cc2c(N3CCCCC3)nc(N3CC(N(C)C)C3)nc2c1OC1CC1. The van der Waals surface area contributed by atoms with Crippen LogP contribution in [-0.4, -0.2) is 77.5 Å². The number of piperidine rings is 1. The summed E-state index contributed by atoms with van der Waals surface area (Å²) < 4.78 is 6.72. The molecule has 1 saturated carbocycles. The summed E-state index contributed by atoms with van der Waals surface area (Å²) in [5, 5.41) is 10.1. The second kappa shape index (κ2) is 9.27. The number of fused-ring (bicyclic) bond motifs is 2. The van der Waals surface area contributed by atoms with Gasteiger partial charge in [0.25, 0.3) is 0 Å². The molecule has 4 aromatic rings. The first-order chi connectivity index (χ1) is 18.5. The second-order valence-electron chi connectivity index (χ2n) is 11.3. The van der Waals surface area contributed by atoms with Crippen LogP contribution in [0.3, 0.4) is 0 Å². The van der Waals surface area contributed by atoms with Gasteiger partial charge in [-0.1, -0.05) is 17.7 Å². The quantitative estimate of drug-likeness (QED) is 0.356. The summed E-state index contributed by atoms with van der Waals surface area (Å²) in [5.41, 5.74) is 4.92. The average Bonchev–Trinajstić information content (AvgIpc) is 3.57. The molecule has 1 N–H and O–H groups in total. The highest BCUT2D eigenvalue weighted by Crippen LogP contribution is 2.49. The van der Waals surface area contributed by atoms with Crippen molar-refractivity contribution in [2.24, 2.45) is 0 Å². The topological polar surface area (TPSA) is 73.4 Å². The number of hydrogen-bond donors (Lipinski definition) is 1. The summed E-state index contributed by atoms with van der Waals surface area (Å²) in [5.74, 6) is 2.53. The smallest absolute Gasteiger partial charge is 0.228 e. The number of likely N-dealkylation sites (N-methyl/N-ethyl adjacent to an activating group) is 1. The Kier molecular flexibility index (Phi) is 5.85. The minimum Gasteiger partial charge on any atom is -0.487 e. The number of nitrogens with zero attached hydrogens (tertiary/aromatic N) is 6. The molecule has 2 saturated heterocycles. The van der Waals surface area contributed by atoms with Gasteiger partial charge in [0.15, 0.2) is 5.75 Å². The molecule has 3 fully saturated rings. The highest BCUT2D eigenvalue weighted by atomic mass is 35.5. The first-order valence-corrected chi connectivity index (χ1v) is 14.2. The predicted molar refractivity (Wildman–Crippen MR) is 154 cm³/mol. The highest BCUT2D eigenvalue weighted by Gasteiger charge is 2.34. The third-order valence-corrected chi connectivity index (χ3v) is 8.59. The fourth-order valence-electron chi connectivity index (χ4n) is 5.77. The van der Waals surface area contributed by atoms with Crippen molar-refractivity contribution in [3.63, 3.8) is 0 Å². The molecule has 0 unspecified atom stereocenters. The summed E-state index contributed by atoms with van der Waals surface area (Å²) in [7, 11) is 4.27. The molecule has 2 aromatic carbocycles. The Balaban J connectivity index is 1.48. The van der Waals surface area contributed by atoms with Crippen LogP contribution in [0.1, 0.15) is 37.7 Å². The van der Waals surface area contributed by atoms with E-state index in [1.807, 2.05) is 6.20 Å². The third kappa shape index (κ3) is 4.05. The van der Waals surface area contributed by atoms with Gasteiger partial charge >= 0.3 is 0 Å². The summed E-state index contributed by atoms with van der Waals surface area (Å²) in [6.07, 6.45) is 7.78. The molecule has 3 aliphatic rings. The molecule has 4 heterocycles. The van der Waals surface area contributed by atoms with Crippen molar-refractivity contribution >= 4 is 45.2 Å². The normalized spacial score (nSPS) is 18.6. The van der Waals surface area contributed by atoms with E-state index in [2.05, 4.69) is 64.1 Å². The minimum absolute atomic E-state index is 0.193. The monoisotopic (exact) mass is 531 g/mol. The van der Waals surface area contributed by atoms with Crippen LogP contribution in [0.2, 0.25) is 5.02 Å². The molecule has 7 rings (SSSR count). The van der Waals surface area contributed by atoms with E-state index >= 15 is 0 Å². The lowest BCUT2D eigenvalue weighted by Gasteiger charge is -2.43. The van der Waals surface area contributed by atoms with Gasteiger partial charge in [0.1, 0.15) is 11.3 Å². The molecule has 9 heteroatoms. The van der Waals surface area contributed by atoms with Gasteiger partial charge in [0.05, 0.1) is 22.8 Å². The first-order valence-electron chi connectivity index (χ1n) is 13.8. The molecule has 2 aromatic heterocycles. The lowest BCUT2D eigenvalue weighted by atomic mass is 9.94. The minimum atomic E-state index is 0.193. The van der Waals surface area contributed by atoms with E-state index in [-0.39, 0.29) is 6.10 Å². The Morgan fingerprint density at radius 2 is 1.79 bits per heavy atom. The number of ether oxygens (including phenoxy) is 1. The van der Waals surface area contributed by atoms with Gasteiger partial charge in [-0.25, -0.2) is 4.98 Å². The molecule has 0 amide bonds. The van der Waals surface area contributed by atoms with Gasteiger partial charge in [0.2, 0.25) is 5.95 Å². The van der Waals surface area contributed by atoms with E-state index in [1.54, 1.807) is 0 Å². The summed E-state index contributed by atoms with van der Waals surface area (Å²) in [6.45, 7) is 5.96. The van der Waals surface area contributed by atoms with Crippen LogP contribution >= 0.6 is 11.6 Å². The molecular formula is C29H34ClN7O. The van der Waals surface area contributed by atoms with Gasteiger partial charge in [0, 0.05) is 54.1 Å². The van der Waals surface area contributed by atoms with Crippen LogP contribution in [0.4, 0.5) is 11.8 Å². The summed E-state index contributed by atoms with van der Waals surface area (Å²) >= 11 is 7.19. The first kappa shape index (κ1) is 24.0. The fourth-order valence-corrected chi connectivity index (χ4v) is 6.06. The molecule has 0 atom stereocenters. The predicted octanol–water partition coefficient (Wildman–Crippen LogP) is 5.42.